The molecule has 3 nitrogen and oxygen atoms in total. The first-order chi connectivity index (χ1) is 8.26. The molecule has 1 N–H and O–H groups in total. The summed E-state index contributed by atoms with van der Waals surface area (Å²) >= 11 is 0. The molecule has 0 amide bonds. The van der Waals surface area contributed by atoms with Crippen molar-refractivity contribution in [3.05, 3.63) is 0 Å². The molecule has 108 valence electrons. The minimum atomic E-state index is 0.237. The summed E-state index contributed by atoms with van der Waals surface area (Å²) in [5, 5.41) is 3.59. The molecule has 18 heavy (non-hydrogen) atoms. The van der Waals surface area contributed by atoms with E-state index in [1.54, 1.807) is 0 Å². The third kappa shape index (κ3) is 6.72. The van der Waals surface area contributed by atoms with E-state index in [0.717, 1.165) is 12.5 Å². The summed E-state index contributed by atoms with van der Waals surface area (Å²) in [5.41, 5.74) is 0.237. The maximum atomic E-state index is 3.59. The summed E-state index contributed by atoms with van der Waals surface area (Å²) in [6.07, 6.45) is 1.37. The molecule has 0 aliphatic carbocycles. The molecule has 0 aromatic rings. The Balaban J connectivity index is 2.17. The molecule has 0 radical (unpaired) electrons. The van der Waals surface area contributed by atoms with Gasteiger partial charge in [-0.05, 0) is 66.2 Å². The lowest BCUT2D eigenvalue weighted by atomic mass is 10.1. The summed E-state index contributed by atoms with van der Waals surface area (Å²) in [6, 6.07) is 0. The summed E-state index contributed by atoms with van der Waals surface area (Å²) in [7, 11) is 4.50. The number of nitrogens with one attached hydrogen (secondary N) is 1. The molecule has 1 aliphatic rings. The Labute approximate surface area is 114 Å². The molecule has 2 unspecified atom stereocenters. The summed E-state index contributed by atoms with van der Waals surface area (Å²) in [6.45, 7) is 15.2. The largest absolute Gasteiger partial charge is 0.312 e. The van der Waals surface area contributed by atoms with E-state index in [0.29, 0.717) is 5.92 Å². The van der Waals surface area contributed by atoms with Crippen LogP contribution in [0.25, 0.3) is 0 Å². The zero-order valence-corrected chi connectivity index (χ0v) is 13.3. The quantitative estimate of drug-likeness (QED) is 0.782. The molecule has 0 spiro atoms. The number of likely N-dealkylation sites (tertiary alicyclic amines) is 1. The highest BCUT2D eigenvalue weighted by atomic mass is 15.1. The van der Waals surface area contributed by atoms with Crippen molar-refractivity contribution in [2.45, 2.75) is 39.7 Å². The van der Waals surface area contributed by atoms with Gasteiger partial charge in [-0.15, -0.1) is 0 Å². The van der Waals surface area contributed by atoms with Gasteiger partial charge in [-0.25, -0.2) is 0 Å². The van der Waals surface area contributed by atoms with Crippen molar-refractivity contribution in [2.75, 3.05) is 46.8 Å². The topological polar surface area (TPSA) is 18.5 Å². The Morgan fingerprint density at radius 2 is 2.06 bits per heavy atom. The van der Waals surface area contributed by atoms with E-state index in [1.807, 2.05) is 0 Å². The summed E-state index contributed by atoms with van der Waals surface area (Å²) in [4.78, 5) is 4.96. The summed E-state index contributed by atoms with van der Waals surface area (Å²) < 4.78 is 0. The fraction of sp³-hybridized carbons (Fsp3) is 1.00. The van der Waals surface area contributed by atoms with E-state index in [2.05, 4.69) is 56.9 Å². The van der Waals surface area contributed by atoms with Gasteiger partial charge in [-0.2, -0.15) is 0 Å². The van der Waals surface area contributed by atoms with E-state index >= 15 is 0 Å². The Hall–Kier alpha value is -0.120. The first kappa shape index (κ1) is 15.9. The zero-order chi connectivity index (χ0) is 13.8. The van der Waals surface area contributed by atoms with Crippen molar-refractivity contribution >= 4 is 0 Å². The lowest BCUT2D eigenvalue weighted by Crippen LogP contribution is -2.41. The molecular weight excluding hydrogens is 222 g/mol. The second kappa shape index (κ2) is 6.88. The fourth-order valence-corrected chi connectivity index (χ4v) is 2.77. The van der Waals surface area contributed by atoms with Gasteiger partial charge in [0.1, 0.15) is 0 Å². The van der Waals surface area contributed by atoms with Crippen LogP contribution >= 0.6 is 0 Å². The number of hydrogen-bond acceptors (Lipinski definition) is 3. The van der Waals surface area contributed by atoms with Crippen LogP contribution in [0.1, 0.15) is 34.1 Å². The Bertz CT molecular complexity index is 234. The fourth-order valence-electron chi connectivity index (χ4n) is 2.77. The molecule has 0 bridgehead atoms. The zero-order valence-electron chi connectivity index (χ0n) is 13.3. The van der Waals surface area contributed by atoms with Crippen molar-refractivity contribution < 1.29 is 0 Å². The minimum Gasteiger partial charge on any atom is -0.312 e. The first-order valence-electron chi connectivity index (χ1n) is 7.38. The second-order valence-electron chi connectivity index (χ2n) is 7.37. The maximum absolute atomic E-state index is 3.59. The van der Waals surface area contributed by atoms with Crippen LogP contribution in [0.15, 0.2) is 0 Å². The van der Waals surface area contributed by atoms with Crippen LogP contribution in [-0.2, 0) is 0 Å². The minimum absolute atomic E-state index is 0.237. The van der Waals surface area contributed by atoms with Crippen LogP contribution in [0, 0.1) is 11.8 Å². The Morgan fingerprint density at radius 3 is 2.56 bits per heavy atom. The van der Waals surface area contributed by atoms with Gasteiger partial charge < -0.3 is 15.1 Å². The molecule has 0 saturated carbocycles. The smallest absolute Gasteiger partial charge is 0.00966 e. The monoisotopic (exact) mass is 255 g/mol. The SMILES string of the molecule is CC(CNC(C)(C)C)CN(C)CC1CCN(C)C1. The van der Waals surface area contributed by atoms with E-state index < -0.39 is 0 Å². The van der Waals surface area contributed by atoms with Crippen molar-refractivity contribution in [3.8, 4) is 0 Å². The molecule has 0 aromatic carbocycles. The Morgan fingerprint density at radius 1 is 1.39 bits per heavy atom. The lowest BCUT2D eigenvalue weighted by molar-refractivity contribution is 0.233. The average molecular weight is 255 g/mol. The molecular formula is C15H33N3. The van der Waals surface area contributed by atoms with Gasteiger partial charge in [-0.1, -0.05) is 6.92 Å². The standard InChI is InChI=1S/C15H33N3/c1-13(9-16-15(2,3)4)10-18(6)12-14-7-8-17(5)11-14/h13-14,16H,7-12H2,1-6H3. The normalized spacial score (nSPS) is 23.8. The van der Waals surface area contributed by atoms with Gasteiger partial charge in [0.15, 0.2) is 0 Å². The van der Waals surface area contributed by atoms with Crippen molar-refractivity contribution in [1.29, 1.82) is 0 Å². The number of rotatable bonds is 6. The highest BCUT2D eigenvalue weighted by molar-refractivity contribution is 4.77. The van der Waals surface area contributed by atoms with Crippen LogP contribution in [0.5, 0.6) is 0 Å². The third-order valence-corrected chi connectivity index (χ3v) is 3.66. The van der Waals surface area contributed by atoms with Gasteiger partial charge in [0.2, 0.25) is 0 Å². The van der Waals surface area contributed by atoms with E-state index in [4.69, 9.17) is 0 Å². The van der Waals surface area contributed by atoms with E-state index in [-0.39, 0.29) is 5.54 Å². The number of nitrogens with zero attached hydrogens (tertiary/aromatic N) is 2. The number of hydrogen-bond donors (Lipinski definition) is 1. The van der Waals surface area contributed by atoms with Crippen LogP contribution in [0.3, 0.4) is 0 Å². The highest BCUT2D eigenvalue weighted by Crippen LogP contribution is 2.15. The van der Waals surface area contributed by atoms with Gasteiger partial charge >= 0.3 is 0 Å². The second-order valence-corrected chi connectivity index (χ2v) is 7.37. The van der Waals surface area contributed by atoms with E-state index in [1.165, 1.54) is 32.6 Å². The molecule has 1 fully saturated rings. The molecule has 1 rings (SSSR count). The van der Waals surface area contributed by atoms with Gasteiger partial charge in [0, 0.05) is 25.2 Å². The molecule has 1 aliphatic heterocycles. The summed E-state index contributed by atoms with van der Waals surface area (Å²) in [5.74, 6) is 1.59. The van der Waals surface area contributed by atoms with Crippen molar-refractivity contribution in [2.24, 2.45) is 11.8 Å². The first-order valence-corrected chi connectivity index (χ1v) is 7.38. The molecule has 1 heterocycles. The van der Waals surface area contributed by atoms with Crippen molar-refractivity contribution in [1.82, 2.24) is 15.1 Å². The molecule has 2 atom stereocenters. The van der Waals surface area contributed by atoms with Gasteiger partial charge in [0.25, 0.3) is 0 Å². The predicted octanol–water partition coefficient (Wildman–Crippen LogP) is 1.89. The van der Waals surface area contributed by atoms with Crippen LogP contribution in [-0.4, -0.2) is 62.2 Å². The average Bonchev–Trinajstić information content (AvgIpc) is 2.59. The predicted molar refractivity (Wildman–Crippen MR) is 80.0 cm³/mol. The van der Waals surface area contributed by atoms with Crippen molar-refractivity contribution in [3.63, 3.8) is 0 Å². The third-order valence-electron chi connectivity index (χ3n) is 3.66. The van der Waals surface area contributed by atoms with Crippen LogP contribution in [0.2, 0.25) is 0 Å². The lowest BCUT2D eigenvalue weighted by Gasteiger charge is -2.27. The molecule has 0 aromatic heterocycles. The van der Waals surface area contributed by atoms with E-state index in [9.17, 15) is 0 Å². The van der Waals surface area contributed by atoms with Gasteiger partial charge in [0.05, 0.1) is 0 Å². The molecule has 1 saturated heterocycles. The van der Waals surface area contributed by atoms with Gasteiger partial charge in [-0.3, -0.25) is 0 Å². The molecule has 3 heteroatoms. The van der Waals surface area contributed by atoms with Crippen LogP contribution in [0.4, 0.5) is 0 Å². The Kier molecular flexibility index (Phi) is 6.09. The highest BCUT2D eigenvalue weighted by Gasteiger charge is 2.21. The maximum Gasteiger partial charge on any atom is 0.00966 e. The van der Waals surface area contributed by atoms with Crippen LogP contribution < -0.4 is 5.32 Å².